The number of hydrogen-bond donors (Lipinski definition) is 0. The van der Waals surface area contributed by atoms with Crippen LogP contribution in [0.4, 0.5) is 0 Å². The second-order valence-electron chi connectivity index (χ2n) is 6.69. The summed E-state index contributed by atoms with van der Waals surface area (Å²) in [6.07, 6.45) is 18.7. The largest absolute Gasteiger partial charge is 0.0654 e. The van der Waals surface area contributed by atoms with Crippen LogP contribution in [0.3, 0.4) is 0 Å². The van der Waals surface area contributed by atoms with E-state index >= 15 is 0 Å². The quantitative estimate of drug-likeness (QED) is 0.288. The minimum atomic E-state index is 0.958. The molecular formula is C19H40. The highest BCUT2D eigenvalue weighted by Crippen LogP contribution is 2.26. The van der Waals surface area contributed by atoms with Crippen LogP contribution >= 0.6 is 0 Å². The zero-order valence-corrected chi connectivity index (χ0v) is 14.3. The maximum absolute atomic E-state index is 2.49. The smallest absolute Gasteiger partial charge is 0.0412 e. The molecule has 0 fully saturated rings. The maximum atomic E-state index is 2.49. The van der Waals surface area contributed by atoms with Gasteiger partial charge in [-0.3, -0.25) is 0 Å². The fourth-order valence-corrected chi connectivity index (χ4v) is 3.24. The van der Waals surface area contributed by atoms with Gasteiger partial charge in [0.25, 0.3) is 0 Å². The van der Waals surface area contributed by atoms with Gasteiger partial charge in [0.1, 0.15) is 0 Å². The highest BCUT2D eigenvalue weighted by molar-refractivity contribution is 4.64. The average Bonchev–Trinajstić information content (AvgIpc) is 2.40. The van der Waals surface area contributed by atoms with Crippen LogP contribution in [0, 0.1) is 11.8 Å². The van der Waals surface area contributed by atoms with Gasteiger partial charge in [-0.1, -0.05) is 105 Å². The molecule has 0 aromatic carbocycles. The second kappa shape index (κ2) is 14.4. The van der Waals surface area contributed by atoms with E-state index in [1.165, 1.54) is 83.5 Å². The van der Waals surface area contributed by atoms with E-state index in [2.05, 4.69) is 27.7 Å². The van der Waals surface area contributed by atoms with Gasteiger partial charge in [-0.25, -0.2) is 0 Å². The van der Waals surface area contributed by atoms with Crippen molar-refractivity contribution in [3.63, 3.8) is 0 Å². The Morgan fingerprint density at radius 1 is 0.579 bits per heavy atom. The fraction of sp³-hybridized carbons (Fsp3) is 1.00. The summed E-state index contributed by atoms with van der Waals surface area (Å²) in [7, 11) is 0. The lowest BCUT2D eigenvalue weighted by atomic mass is 9.86. The summed E-state index contributed by atoms with van der Waals surface area (Å²) < 4.78 is 0. The minimum absolute atomic E-state index is 0.958. The normalized spacial score (nSPS) is 14.5. The summed E-state index contributed by atoms with van der Waals surface area (Å²) in [5.41, 5.74) is 0. The van der Waals surface area contributed by atoms with Crippen LogP contribution in [0.2, 0.25) is 0 Å². The third-order valence-electron chi connectivity index (χ3n) is 4.45. The molecule has 0 radical (unpaired) electrons. The molecule has 0 heteroatoms. The van der Waals surface area contributed by atoms with Crippen molar-refractivity contribution in [2.45, 2.75) is 111 Å². The van der Waals surface area contributed by atoms with Crippen LogP contribution in [0.15, 0.2) is 0 Å². The van der Waals surface area contributed by atoms with Crippen LogP contribution in [0.1, 0.15) is 111 Å². The molecule has 116 valence electrons. The first-order valence-corrected chi connectivity index (χ1v) is 9.24. The van der Waals surface area contributed by atoms with Crippen molar-refractivity contribution in [2.75, 3.05) is 0 Å². The van der Waals surface area contributed by atoms with Gasteiger partial charge < -0.3 is 0 Å². The van der Waals surface area contributed by atoms with Gasteiger partial charge in [0.2, 0.25) is 0 Å². The SMILES string of the molecule is CCCCCCCCC(C)CC(CCC)CCCC. The van der Waals surface area contributed by atoms with Gasteiger partial charge in [-0.15, -0.1) is 0 Å². The molecule has 0 rings (SSSR count). The summed E-state index contributed by atoms with van der Waals surface area (Å²) >= 11 is 0. The molecule has 0 heterocycles. The third-order valence-corrected chi connectivity index (χ3v) is 4.45. The van der Waals surface area contributed by atoms with E-state index in [0.29, 0.717) is 0 Å². The van der Waals surface area contributed by atoms with Crippen LogP contribution in [0.5, 0.6) is 0 Å². The van der Waals surface area contributed by atoms with Crippen LogP contribution < -0.4 is 0 Å². The lowest BCUT2D eigenvalue weighted by molar-refractivity contribution is 0.322. The van der Waals surface area contributed by atoms with Gasteiger partial charge >= 0.3 is 0 Å². The Morgan fingerprint density at radius 3 is 1.84 bits per heavy atom. The molecular weight excluding hydrogens is 228 g/mol. The molecule has 0 aliphatic heterocycles. The Labute approximate surface area is 123 Å². The van der Waals surface area contributed by atoms with E-state index in [-0.39, 0.29) is 0 Å². The number of rotatable bonds is 14. The molecule has 0 aromatic heterocycles. The second-order valence-corrected chi connectivity index (χ2v) is 6.69. The topological polar surface area (TPSA) is 0 Å². The summed E-state index contributed by atoms with van der Waals surface area (Å²) in [6, 6.07) is 0. The van der Waals surface area contributed by atoms with Gasteiger partial charge in [0.05, 0.1) is 0 Å². The summed E-state index contributed by atoms with van der Waals surface area (Å²) in [4.78, 5) is 0. The molecule has 2 unspecified atom stereocenters. The van der Waals surface area contributed by atoms with Gasteiger partial charge in [0, 0.05) is 0 Å². The predicted molar refractivity (Wildman–Crippen MR) is 89.7 cm³/mol. The lowest BCUT2D eigenvalue weighted by Gasteiger charge is -2.20. The molecule has 0 nitrogen and oxygen atoms in total. The number of hydrogen-bond acceptors (Lipinski definition) is 0. The van der Waals surface area contributed by atoms with Crippen molar-refractivity contribution >= 4 is 0 Å². The Bertz CT molecular complexity index is 161. The summed E-state index contributed by atoms with van der Waals surface area (Å²) in [5, 5.41) is 0. The summed E-state index contributed by atoms with van der Waals surface area (Å²) in [5.74, 6) is 1.97. The molecule has 0 bridgehead atoms. The molecule has 0 spiro atoms. The highest BCUT2D eigenvalue weighted by atomic mass is 14.2. The van der Waals surface area contributed by atoms with E-state index in [0.717, 1.165) is 11.8 Å². The third kappa shape index (κ3) is 12.8. The number of unbranched alkanes of at least 4 members (excludes halogenated alkanes) is 6. The summed E-state index contributed by atoms with van der Waals surface area (Å²) in [6.45, 7) is 9.45. The van der Waals surface area contributed by atoms with Gasteiger partial charge in [0.15, 0.2) is 0 Å². The first-order chi connectivity index (χ1) is 9.24. The van der Waals surface area contributed by atoms with Crippen LogP contribution in [-0.4, -0.2) is 0 Å². The predicted octanol–water partition coefficient (Wildman–Crippen LogP) is 7.37. The average molecular weight is 269 g/mol. The Hall–Kier alpha value is 0. The van der Waals surface area contributed by atoms with Crippen molar-refractivity contribution < 1.29 is 0 Å². The molecule has 0 amide bonds. The highest BCUT2D eigenvalue weighted by Gasteiger charge is 2.12. The molecule has 0 saturated heterocycles. The zero-order chi connectivity index (χ0) is 14.3. The Kier molecular flexibility index (Phi) is 14.4. The Balaban J connectivity index is 3.58. The van der Waals surface area contributed by atoms with E-state index in [4.69, 9.17) is 0 Å². The monoisotopic (exact) mass is 268 g/mol. The van der Waals surface area contributed by atoms with E-state index < -0.39 is 0 Å². The Morgan fingerprint density at radius 2 is 1.21 bits per heavy atom. The molecule has 19 heavy (non-hydrogen) atoms. The molecule has 0 aromatic rings. The fourth-order valence-electron chi connectivity index (χ4n) is 3.24. The molecule has 0 aliphatic rings. The van der Waals surface area contributed by atoms with E-state index in [9.17, 15) is 0 Å². The van der Waals surface area contributed by atoms with Gasteiger partial charge in [-0.05, 0) is 18.3 Å². The van der Waals surface area contributed by atoms with Crippen molar-refractivity contribution in [3.8, 4) is 0 Å². The molecule has 0 saturated carbocycles. The first-order valence-electron chi connectivity index (χ1n) is 9.24. The van der Waals surface area contributed by atoms with Crippen molar-refractivity contribution in [1.82, 2.24) is 0 Å². The molecule has 0 N–H and O–H groups in total. The van der Waals surface area contributed by atoms with Crippen LogP contribution in [0.25, 0.3) is 0 Å². The van der Waals surface area contributed by atoms with Crippen molar-refractivity contribution in [1.29, 1.82) is 0 Å². The lowest BCUT2D eigenvalue weighted by Crippen LogP contribution is -2.07. The minimum Gasteiger partial charge on any atom is -0.0654 e. The van der Waals surface area contributed by atoms with Crippen molar-refractivity contribution in [3.05, 3.63) is 0 Å². The van der Waals surface area contributed by atoms with Crippen LogP contribution in [-0.2, 0) is 0 Å². The van der Waals surface area contributed by atoms with Crippen molar-refractivity contribution in [2.24, 2.45) is 11.8 Å². The molecule has 2 atom stereocenters. The zero-order valence-electron chi connectivity index (χ0n) is 14.3. The van der Waals surface area contributed by atoms with E-state index in [1.54, 1.807) is 0 Å². The van der Waals surface area contributed by atoms with Gasteiger partial charge in [-0.2, -0.15) is 0 Å². The van der Waals surface area contributed by atoms with E-state index in [1.807, 2.05) is 0 Å². The maximum Gasteiger partial charge on any atom is -0.0412 e. The molecule has 0 aliphatic carbocycles. The standard InChI is InChI=1S/C19H40/c1-5-8-10-11-12-13-15-18(4)17-19(14-7-3)16-9-6-2/h18-19H,5-17H2,1-4H3. The first kappa shape index (κ1) is 19.0.